The number of ether oxygens (including phenoxy) is 1. The highest BCUT2D eigenvalue weighted by Gasteiger charge is 2.17. The van der Waals surface area contributed by atoms with Gasteiger partial charge in [-0.3, -0.25) is 0 Å². The van der Waals surface area contributed by atoms with Crippen molar-refractivity contribution in [2.24, 2.45) is 7.05 Å². The lowest BCUT2D eigenvalue weighted by Crippen LogP contribution is -2.08. The summed E-state index contributed by atoms with van der Waals surface area (Å²) in [7, 11) is 2.04. The molecule has 15 heavy (non-hydrogen) atoms. The van der Waals surface area contributed by atoms with Crippen LogP contribution in [-0.2, 0) is 13.5 Å². The number of aromatic nitrogens is 2. The Labute approximate surface area is 88.7 Å². The van der Waals surface area contributed by atoms with Gasteiger partial charge in [0.25, 0.3) is 0 Å². The van der Waals surface area contributed by atoms with Crippen LogP contribution in [0.2, 0.25) is 0 Å². The van der Waals surface area contributed by atoms with Gasteiger partial charge in [-0.15, -0.1) is 0 Å². The van der Waals surface area contributed by atoms with E-state index in [2.05, 4.69) is 21.7 Å². The Hall–Kier alpha value is -1.51. The molecule has 3 nitrogen and oxygen atoms in total. The molecule has 0 atom stereocenters. The summed E-state index contributed by atoms with van der Waals surface area (Å²) in [5, 5.41) is 0. The average Bonchev–Trinajstić information content (AvgIpc) is 2.56. The van der Waals surface area contributed by atoms with Gasteiger partial charge in [-0.25, -0.2) is 4.98 Å². The molecule has 78 valence electrons. The highest BCUT2D eigenvalue weighted by Crippen LogP contribution is 2.32. The second-order valence-electron chi connectivity index (χ2n) is 4.09. The molecule has 2 aromatic rings. The van der Waals surface area contributed by atoms with Crippen LogP contribution in [0.1, 0.15) is 17.8 Å². The molecule has 2 heterocycles. The Kier molecular flexibility index (Phi) is 1.75. The minimum Gasteiger partial charge on any atom is -0.491 e. The van der Waals surface area contributed by atoms with Crippen molar-refractivity contribution in [1.29, 1.82) is 0 Å². The van der Waals surface area contributed by atoms with Gasteiger partial charge in [-0.1, -0.05) is 6.07 Å². The number of fused-ring (bicyclic) bond motifs is 3. The van der Waals surface area contributed by atoms with Crippen LogP contribution in [0.5, 0.6) is 5.75 Å². The van der Waals surface area contributed by atoms with Gasteiger partial charge in [0.05, 0.1) is 12.1 Å². The third kappa shape index (κ3) is 1.16. The van der Waals surface area contributed by atoms with E-state index in [4.69, 9.17) is 4.74 Å². The van der Waals surface area contributed by atoms with Crippen LogP contribution in [0.25, 0.3) is 11.0 Å². The first-order chi connectivity index (χ1) is 7.27. The third-order valence-corrected chi connectivity index (χ3v) is 3.15. The van der Waals surface area contributed by atoms with Crippen molar-refractivity contribution >= 4 is 11.0 Å². The molecule has 0 unspecified atom stereocenters. The number of aryl methyl sites for hydroxylation is 3. The summed E-state index contributed by atoms with van der Waals surface area (Å²) in [6.07, 6.45) is 2.23. The fourth-order valence-corrected chi connectivity index (χ4v) is 2.19. The Morgan fingerprint density at radius 1 is 1.40 bits per heavy atom. The monoisotopic (exact) mass is 202 g/mol. The lowest BCUT2D eigenvalue weighted by molar-refractivity contribution is 0.291. The Morgan fingerprint density at radius 3 is 3.13 bits per heavy atom. The van der Waals surface area contributed by atoms with Crippen molar-refractivity contribution in [3.8, 4) is 5.75 Å². The maximum Gasteiger partial charge on any atom is 0.150 e. The van der Waals surface area contributed by atoms with Crippen LogP contribution >= 0.6 is 0 Å². The van der Waals surface area contributed by atoms with Crippen LogP contribution < -0.4 is 4.74 Å². The van der Waals surface area contributed by atoms with Crippen LogP contribution in [0.4, 0.5) is 0 Å². The molecule has 0 fully saturated rings. The first-order valence-electron chi connectivity index (χ1n) is 5.35. The number of imidazole rings is 1. The van der Waals surface area contributed by atoms with Crippen molar-refractivity contribution in [3.63, 3.8) is 0 Å². The van der Waals surface area contributed by atoms with Crippen molar-refractivity contribution in [1.82, 2.24) is 9.55 Å². The molecule has 0 radical (unpaired) electrons. The largest absolute Gasteiger partial charge is 0.491 e. The summed E-state index contributed by atoms with van der Waals surface area (Å²) in [4.78, 5) is 4.56. The maximum atomic E-state index is 5.73. The first kappa shape index (κ1) is 8.77. The molecule has 1 aromatic heterocycles. The van der Waals surface area contributed by atoms with Crippen LogP contribution in [-0.4, -0.2) is 16.2 Å². The molecule has 0 aliphatic carbocycles. The molecule has 0 N–H and O–H groups in total. The topological polar surface area (TPSA) is 27.1 Å². The molecule has 3 heteroatoms. The number of rotatable bonds is 0. The SMILES string of the molecule is Cc1nc2c3c(ccc2n1C)CCCO3. The van der Waals surface area contributed by atoms with Gasteiger partial charge in [0.1, 0.15) is 17.1 Å². The molecule has 0 amide bonds. The van der Waals surface area contributed by atoms with Gasteiger partial charge in [-0.05, 0) is 31.4 Å². The van der Waals surface area contributed by atoms with E-state index in [1.54, 1.807) is 0 Å². The third-order valence-electron chi connectivity index (χ3n) is 3.15. The van der Waals surface area contributed by atoms with E-state index in [0.29, 0.717) is 0 Å². The van der Waals surface area contributed by atoms with E-state index in [9.17, 15) is 0 Å². The summed E-state index contributed by atoms with van der Waals surface area (Å²) in [6.45, 7) is 2.84. The molecule has 1 aromatic carbocycles. The summed E-state index contributed by atoms with van der Waals surface area (Å²) >= 11 is 0. The molecule has 0 spiro atoms. The lowest BCUT2D eigenvalue weighted by Gasteiger charge is -2.17. The van der Waals surface area contributed by atoms with Crippen LogP contribution in [0.3, 0.4) is 0 Å². The number of hydrogen-bond acceptors (Lipinski definition) is 2. The molecular formula is C12H14N2O. The predicted octanol–water partition coefficient (Wildman–Crippen LogP) is 2.21. The van der Waals surface area contributed by atoms with E-state index in [-0.39, 0.29) is 0 Å². The lowest BCUT2D eigenvalue weighted by atomic mass is 10.1. The minimum atomic E-state index is 0.821. The molecule has 0 saturated carbocycles. The van der Waals surface area contributed by atoms with Gasteiger partial charge in [-0.2, -0.15) is 0 Å². The van der Waals surface area contributed by atoms with E-state index >= 15 is 0 Å². The van der Waals surface area contributed by atoms with Crippen molar-refractivity contribution < 1.29 is 4.74 Å². The second-order valence-corrected chi connectivity index (χ2v) is 4.09. The zero-order valence-corrected chi connectivity index (χ0v) is 9.08. The Bertz CT molecular complexity index is 528. The van der Waals surface area contributed by atoms with Crippen LogP contribution in [0.15, 0.2) is 12.1 Å². The van der Waals surface area contributed by atoms with E-state index in [0.717, 1.165) is 42.1 Å². The summed E-state index contributed by atoms with van der Waals surface area (Å²) < 4.78 is 7.83. The van der Waals surface area contributed by atoms with E-state index < -0.39 is 0 Å². The Balaban J connectivity index is 2.36. The minimum absolute atomic E-state index is 0.821. The number of nitrogens with zero attached hydrogens (tertiary/aromatic N) is 2. The van der Waals surface area contributed by atoms with Crippen molar-refractivity contribution in [2.75, 3.05) is 6.61 Å². The van der Waals surface area contributed by atoms with Gasteiger partial charge >= 0.3 is 0 Å². The zero-order valence-electron chi connectivity index (χ0n) is 9.08. The molecule has 1 aliphatic heterocycles. The van der Waals surface area contributed by atoms with Crippen molar-refractivity contribution in [3.05, 3.63) is 23.5 Å². The fraction of sp³-hybridized carbons (Fsp3) is 0.417. The molecular weight excluding hydrogens is 188 g/mol. The number of benzene rings is 1. The maximum absolute atomic E-state index is 5.73. The van der Waals surface area contributed by atoms with E-state index in [1.807, 2.05) is 14.0 Å². The van der Waals surface area contributed by atoms with E-state index in [1.165, 1.54) is 5.56 Å². The summed E-state index contributed by atoms with van der Waals surface area (Å²) in [6, 6.07) is 4.31. The standard InChI is InChI=1S/C12H14N2O/c1-8-13-11-10(14(8)2)6-5-9-4-3-7-15-12(9)11/h5-6H,3-4,7H2,1-2H3. The predicted molar refractivity (Wildman–Crippen MR) is 59.3 cm³/mol. The average molecular weight is 202 g/mol. The fourth-order valence-electron chi connectivity index (χ4n) is 2.19. The molecule has 1 aliphatic rings. The highest BCUT2D eigenvalue weighted by atomic mass is 16.5. The second kappa shape index (κ2) is 2.99. The summed E-state index contributed by atoms with van der Waals surface area (Å²) in [5.41, 5.74) is 3.48. The molecule has 3 rings (SSSR count). The smallest absolute Gasteiger partial charge is 0.150 e. The number of hydrogen-bond donors (Lipinski definition) is 0. The Morgan fingerprint density at radius 2 is 2.27 bits per heavy atom. The quantitative estimate of drug-likeness (QED) is 0.655. The zero-order chi connectivity index (χ0) is 10.4. The van der Waals surface area contributed by atoms with Crippen molar-refractivity contribution in [2.45, 2.75) is 19.8 Å². The van der Waals surface area contributed by atoms with Gasteiger partial charge in [0, 0.05) is 7.05 Å². The van der Waals surface area contributed by atoms with Crippen LogP contribution in [0, 0.1) is 6.92 Å². The van der Waals surface area contributed by atoms with Gasteiger partial charge < -0.3 is 9.30 Å². The molecule has 0 bridgehead atoms. The first-order valence-corrected chi connectivity index (χ1v) is 5.35. The highest BCUT2D eigenvalue weighted by molar-refractivity contribution is 5.84. The van der Waals surface area contributed by atoms with Gasteiger partial charge in [0.15, 0.2) is 0 Å². The van der Waals surface area contributed by atoms with Gasteiger partial charge in [0.2, 0.25) is 0 Å². The molecule has 0 saturated heterocycles. The normalized spacial score (nSPS) is 15.1. The summed E-state index contributed by atoms with van der Waals surface area (Å²) in [5.74, 6) is 2.04.